The average Bonchev–Trinajstić information content (AvgIpc) is 3.53. The average molecular weight is 751 g/mol. The predicted molar refractivity (Wildman–Crippen MR) is 249 cm³/mol. The lowest BCUT2D eigenvalue weighted by Crippen LogP contribution is -2.16. The minimum atomic E-state index is -0.205. The van der Waals surface area contributed by atoms with E-state index in [0.717, 1.165) is 33.7 Å². The summed E-state index contributed by atoms with van der Waals surface area (Å²) in [4.78, 5) is 10.5. The number of rotatable bonds is 4. The molecule has 0 N–H and O–H groups in total. The largest absolute Gasteiger partial charge is 0.248 e. The normalized spacial score (nSPS) is 13.1. The van der Waals surface area contributed by atoms with Gasteiger partial charge in [0.2, 0.25) is 0 Å². The summed E-state index contributed by atoms with van der Waals surface area (Å²) in [5, 5.41) is 11.2. The molecule has 0 atom stereocenters. The molecule has 0 bridgehead atoms. The third-order valence-electron chi connectivity index (χ3n) is 12.8. The van der Waals surface area contributed by atoms with Crippen molar-refractivity contribution in [2.75, 3.05) is 0 Å². The van der Waals surface area contributed by atoms with Gasteiger partial charge in [-0.05, 0) is 107 Å². The van der Waals surface area contributed by atoms with Crippen LogP contribution < -0.4 is 0 Å². The van der Waals surface area contributed by atoms with Crippen molar-refractivity contribution in [3.63, 3.8) is 0 Å². The Morgan fingerprint density at radius 3 is 1.71 bits per heavy atom. The van der Waals surface area contributed by atoms with Gasteiger partial charge in [-0.3, -0.25) is 0 Å². The summed E-state index contributed by atoms with van der Waals surface area (Å²) in [6.45, 7) is 4.72. The van der Waals surface area contributed by atoms with Crippen LogP contribution >= 0.6 is 0 Å². The number of aromatic nitrogens is 2. The van der Waals surface area contributed by atoms with Gasteiger partial charge in [-0.1, -0.05) is 178 Å². The summed E-state index contributed by atoms with van der Waals surface area (Å²) >= 11 is 0. The molecule has 59 heavy (non-hydrogen) atoms. The molecule has 0 saturated heterocycles. The first-order valence-corrected chi connectivity index (χ1v) is 20.5. The van der Waals surface area contributed by atoms with Crippen LogP contribution in [-0.2, 0) is 5.41 Å². The molecule has 2 aromatic heterocycles. The summed E-state index contributed by atoms with van der Waals surface area (Å²) in [6, 6.07) is 70.6. The molecular formula is C57H38N2. The standard InChI is InChI=1S/C57H38N2/c1-57(2)49-20-11-10-19-46(49)56-55(57)53(54-41-16-7-6-13-36(41)29-32-52(54)59-56)38-25-23-35(24-26-38)39-27-30-44-45-31-28-40(34-48(45)43-18-9-8-17-42(43)47(44)33-39)51-22-12-21-50(58-51)37-14-4-3-5-15-37/h3-34H,1-2H3. The smallest absolute Gasteiger partial charge is 0.0759 e. The second kappa shape index (κ2) is 12.8. The van der Waals surface area contributed by atoms with Crippen molar-refractivity contribution in [2.24, 2.45) is 0 Å². The highest BCUT2D eigenvalue weighted by Crippen LogP contribution is 2.54. The maximum absolute atomic E-state index is 5.40. The van der Waals surface area contributed by atoms with Crippen LogP contribution in [0.5, 0.6) is 0 Å². The van der Waals surface area contributed by atoms with Crippen LogP contribution in [0.15, 0.2) is 194 Å². The van der Waals surface area contributed by atoms with Gasteiger partial charge in [0.15, 0.2) is 0 Å². The Morgan fingerprint density at radius 1 is 0.373 bits per heavy atom. The number of nitrogens with zero attached hydrogens (tertiary/aromatic N) is 2. The van der Waals surface area contributed by atoms with Gasteiger partial charge in [0.1, 0.15) is 0 Å². The number of pyridine rings is 2. The number of benzene rings is 9. The van der Waals surface area contributed by atoms with Crippen molar-refractivity contribution in [2.45, 2.75) is 19.3 Å². The maximum Gasteiger partial charge on any atom is 0.0759 e. The third kappa shape index (κ3) is 5.13. The lowest BCUT2D eigenvalue weighted by Gasteiger charge is -2.25. The minimum absolute atomic E-state index is 0.205. The Hall–Kier alpha value is -7.42. The second-order valence-electron chi connectivity index (χ2n) is 16.5. The number of hydrogen-bond acceptors (Lipinski definition) is 2. The molecule has 0 aliphatic heterocycles. The molecule has 0 saturated carbocycles. The van der Waals surface area contributed by atoms with Gasteiger partial charge < -0.3 is 0 Å². The lowest BCUT2D eigenvalue weighted by molar-refractivity contribution is 0.662. The molecule has 2 heterocycles. The SMILES string of the molecule is CC1(C)c2ccccc2-c2nc3ccc4ccccc4c3c(-c3ccc(-c4ccc5c6ccc(-c7cccc(-c8ccccc8)n7)cc6c6ccccc6c5c4)cc3)c21. The fraction of sp³-hybridized carbons (Fsp3) is 0.0526. The van der Waals surface area contributed by atoms with Crippen LogP contribution in [0.1, 0.15) is 25.0 Å². The highest BCUT2D eigenvalue weighted by Gasteiger charge is 2.39. The highest BCUT2D eigenvalue weighted by molar-refractivity contribution is 6.26. The molecule has 276 valence electrons. The lowest BCUT2D eigenvalue weighted by atomic mass is 9.78. The zero-order valence-electron chi connectivity index (χ0n) is 32.9. The quantitative estimate of drug-likeness (QED) is 0.167. The first-order valence-electron chi connectivity index (χ1n) is 20.5. The summed E-state index contributed by atoms with van der Waals surface area (Å²) < 4.78 is 0. The molecule has 11 aromatic rings. The summed E-state index contributed by atoms with van der Waals surface area (Å²) in [6.07, 6.45) is 0. The van der Waals surface area contributed by atoms with Crippen molar-refractivity contribution in [1.29, 1.82) is 0 Å². The van der Waals surface area contributed by atoms with E-state index in [-0.39, 0.29) is 5.41 Å². The number of fused-ring (bicyclic) bond motifs is 12. The second-order valence-corrected chi connectivity index (χ2v) is 16.5. The van der Waals surface area contributed by atoms with E-state index >= 15 is 0 Å². The monoisotopic (exact) mass is 750 g/mol. The first-order chi connectivity index (χ1) is 29.0. The van der Waals surface area contributed by atoms with E-state index < -0.39 is 0 Å². The van der Waals surface area contributed by atoms with Crippen molar-refractivity contribution in [3.05, 3.63) is 205 Å². The topological polar surface area (TPSA) is 25.8 Å². The van der Waals surface area contributed by atoms with Crippen LogP contribution in [-0.4, -0.2) is 9.97 Å². The van der Waals surface area contributed by atoms with E-state index in [1.807, 2.05) is 6.07 Å². The van der Waals surface area contributed by atoms with Gasteiger partial charge in [0.25, 0.3) is 0 Å². The first kappa shape index (κ1) is 33.7. The molecule has 9 aromatic carbocycles. The van der Waals surface area contributed by atoms with E-state index in [0.29, 0.717) is 0 Å². The Bertz CT molecular complexity index is 3490. The molecule has 1 aliphatic rings. The zero-order valence-corrected chi connectivity index (χ0v) is 32.9. The maximum atomic E-state index is 5.40. The molecule has 0 spiro atoms. The third-order valence-corrected chi connectivity index (χ3v) is 12.8. The molecular weight excluding hydrogens is 713 g/mol. The summed E-state index contributed by atoms with van der Waals surface area (Å²) in [5.74, 6) is 0. The van der Waals surface area contributed by atoms with Gasteiger partial charge in [0.05, 0.1) is 22.6 Å². The van der Waals surface area contributed by atoms with Gasteiger partial charge in [0, 0.05) is 27.5 Å². The van der Waals surface area contributed by atoms with Crippen molar-refractivity contribution in [1.82, 2.24) is 9.97 Å². The van der Waals surface area contributed by atoms with Crippen LogP contribution in [0.3, 0.4) is 0 Å². The number of hydrogen-bond donors (Lipinski definition) is 0. The van der Waals surface area contributed by atoms with Gasteiger partial charge in [-0.2, -0.15) is 0 Å². The molecule has 0 radical (unpaired) electrons. The summed E-state index contributed by atoms with van der Waals surface area (Å²) in [5.41, 5.74) is 14.9. The van der Waals surface area contributed by atoms with E-state index in [1.165, 1.54) is 87.4 Å². The summed E-state index contributed by atoms with van der Waals surface area (Å²) in [7, 11) is 0. The van der Waals surface area contributed by atoms with E-state index in [9.17, 15) is 0 Å². The zero-order chi connectivity index (χ0) is 39.2. The Morgan fingerprint density at radius 2 is 0.949 bits per heavy atom. The Balaban J connectivity index is 0.996. The van der Waals surface area contributed by atoms with Gasteiger partial charge >= 0.3 is 0 Å². The molecule has 2 nitrogen and oxygen atoms in total. The molecule has 0 fully saturated rings. The fourth-order valence-corrected chi connectivity index (χ4v) is 9.99. The Labute approximate surface area is 343 Å². The highest BCUT2D eigenvalue weighted by atomic mass is 14.7. The molecule has 0 amide bonds. The molecule has 12 rings (SSSR count). The van der Waals surface area contributed by atoms with Crippen LogP contribution in [0.2, 0.25) is 0 Å². The Kier molecular flexibility index (Phi) is 7.31. The van der Waals surface area contributed by atoms with E-state index in [1.54, 1.807) is 0 Å². The van der Waals surface area contributed by atoms with Crippen LogP contribution in [0.4, 0.5) is 0 Å². The van der Waals surface area contributed by atoms with E-state index in [2.05, 4.69) is 202 Å². The van der Waals surface area contributed by atoms with E-state index in [4.69, 9.17) is 9.97 Å². The van der Waals surface area contributed by atoms with Crippen LogP contribution in [0, 0.1) is 0 Å². The molecule has 0 unspecified atom stereocenters. The van der Waals surface area contributed by atoms with Crippen LogP contribution in [0.25, 0.3) is 110 Å². The van der Waals surface area contributed by atoms with Crippen molar-refractivity contribution >= 4 is 54.0 Å². The fourth-order valence-electron chi connectivity index (χ4n) is 9.99. The van der Waals surface area contributed by atoms with Crippen molar-refractivity contribution < 1.29 is 0 Å². The predicted octanol–water partition coefficient (Wildman–Crippen LogP) is 15.2. The van der Waals surface area contributed by atoms with Gasteiger partial charge in [-0.25, -0.2) is 9.97 Å². The molecule has 2 heteroatoms. The van der Waals surface area contributed by atoms with Crippen molar-refractivity contribution in [3.8, 4) is 56.0 Å². The van der Waals surface area contributed by atoms with Gasteiger partial charge in [-0.15, -0.1) is 0 Å². The minimum Gasteiger partial charge on any atom is -0.248 e. The molecule has 1 aliphatic carbocycles.